The van der Waals surface area contributed by atoms with E-state index in [0.717, 1.165) is 10.6 Å². The number of carbonyl (C=O) groups is 1. The van der Waals surface area contributed by atoms with E-state index in [-0.39, 0.29) is 5.91 Å². The molecular weight excluding hydrogens is 216 g/mol. The monoisotopic (exact) mass is 228 g/mol. The van der Waals surface area contributed by atoms with E-state index in [1.54, 1.807) is 36.7 Å². The van der Waals surface area contributed by atoms with Gasteiger partial charge in [0.15, 0.2) is 5.82 Å². The maximum Gasteiger partial charge on any atom is 0.292 e. The third-order valence-corrected chi connectivity index (χ3v) is 2.31. The van der Waals surface area contributed by atoms with Crippen molar-refractivity contribution >= 4 is 11.7 Å². The molecule has 0 aliphatic carbocycles. The molecule has 0 bridgehead atoms. The van der Waals surface area contributed by atoms with Gasteiger partial charge in [0.2, 0.25) is 0 Å². The molecule has 0 radical (unpaired) electrons. The quantitative estimate of drug-likeness (QED) is 0.478. The number of pyridine rings is 2. The van der Waals surface area contributed by atoms with Gasteiger partial charge >= 0.3 is 0 Å². The summed E-state index contributed by atoms with van der Waals surface area (Å²) < 4.78 is 0. The Balaban J connectivity index is 2.30. The molecule has 0 aliphatic rings. The molecule has 0 aliphatic heterocycles. The van der Waals surface area contributed by atoms with Gasteiger partial charge in [-0.2, -0.15) is 0 Å². The summed E-state index contributed by atoms with van der Waals surface area (Å²) >= 11 is 0. The molecule has 1 amide bonds. The number of rotatable bonds is 2. The number of aromatic nitrogens is 2. The SMILES string of the molecule is Cc1cccnc1N(N)C(=O)c1ccccn1. The molecule has 0 saturated carbocycles. The van der Waals surface area contributed by atoms with Gasteiger partial charge in [0.25, 0.3) is 5.91 Å². The summed E-state index contributed by atoms with van der Waals surface area (Å²) in [5, 5.41) is 1.01. The van der Waals surface area contributed by atoms with Crippen LogP contribution in [-0.4, -0.2) is 15.9 Å². The van der Waals surface area contributed by atoms with Gasteiger partial charge in [-0.15, -0.1) is 0 Å². The van der Waals surface area contributed by atoms with Crippen molar-refractivity contribution in [1.82, 2.24) is 9.97 Å². The fourth-order valence-electron chi connectivity index (χ4n) is 1.44. The molecule has 17 heavy (non-hydrogen) atoms. The van der Waals surface area contributed by atoms with E-state index in [1.165, 1.54) is 0 Å². The molecule has 0 saturated heterocycles. The Bertz CT molecular complexity index is 527. The summed E-state index contributed by atoms with van der Waals surface area (Å²) in [6.45, 7) is 1.84. The van der Waals surface area contributed by atoms with E-state index in [1.807, 2.05) is 13.0 Å². The van der Waals surface area contributed by atoms with Crippen LogP contribution in [0.25, 0.3) is 0 Å². The van der Waals surface area contributed by atoms with Crippen molar-refractivity contribution in [2.75, 3.05) is 5.01 Å². The number of amides is 1. The van der Waals surface area contributed by atoms with Crippen LogP contribution in [0.3, 0.4) is 0 Å². The van der Waals surface area contributed by atoms with E-state index < -0.39 is 0 Å². The Morgan fingerprint density at radius 2 is 1.94 bits per heavy atom. The van der Waals surface area contributed by atoms with Gasteiger partial charge in [0.1, 0.15) is 5.69 Å². The van der Waals surface area contributed by atoms with Gasteiger partial charge in [-0.3, -0.25) is 9.78 Å². The van der Waals surface area contributed by atoms with Crippen LogP contribution in [-0.2, 0) is 0 Å². The Morgan fingerprint density at radius 3 is 2.59 bits per heavy atom. The van der Waals surface area contributed by atoms with Crippen molar-refractivity contribution in [3.63, 3.8) is 0 Å². The largest absolute Gasteiger partial charge is 0.292 e. The smallest absolute Gasteiger partial charge is 0.265 e. The van der Waals surface area contributed by atoms with Crippen LogP contribution in [0.1, 0.15) is 16.1 Å². The summed E-state index contributed by atoms with van der Waals surface area (Å²) in [5.74, 6) is 5.80. The minimum Gasteiger partial charge on any atom is -0.265 e. The predicted molar refractivity (Wildman–Crippen MR) is 64.2 cm³/mol. The van der Waals surface area contributed by atoms with Crippen molar-refractivity contribution in [1.29, 1.82) is 0 Å². The van der Waals surface area contributed by atoms with Crippen LogP contribution in [0.2, 0.25) is 0 Å². The lowest BCUT2D eigenvalue weighted by atomic mass is 10.2. The number of hydrogen-bond donors (Lipinski definition) is 1. The Hall–Kier alpha value is -2.27. The van der Waals surface area contributed by atoms with E-state index >= 15 is 0 Å². The lowest BCUT2D eigenvalue weighted by Gasteiger charge is -2.16. The molecule has 0 atom stereocenters. The fourth-order valence-corrected chi connectivity index (χ4v) is 1.44. The zero-order valence-corrected chi connectivity index (χ0v) is 9.37. The van der Waals surface area contributed by atoms with Gasteiger partial charge in [-0.25, -0.2) is 15.8 Å². The van der Waals surface area contributed by atoms with Crippen molar-refractivity contribution in [3.8, 4) is 0 Å². The first-order valence-corrected chi connectivity index (χ1v) is 5.12. The first-order chi connectivity index (χ1) is 8.20. The van der Waals surface area contributed by atoms with Crippen LogP contribution in [0, 0.1) is 6.92 Å². The number of hydrogen-bond acceptors (Lipinski definition) is 4. The molecule has 2 aromatic rings. The minimum atomic E-state index is -0.382. The highest BCUT2D eigenvalue weighted by Gasteiger charge is 2.17. The molecule has 0 spiro atoms. The molecule has 2 heterocycles. The second-order valence-corrected chi connectivity index (χ2v) is 3.53. The maximum absolute atomic E-state index is 12.0. The minimum absolute atomic E-state index is 0.292. The molecule has 86 valence electrons. The van der Waals surface area contributed by atoms with Crippen molar-refractivity contribution in [2.45, 2.75) is 6.92 Å². The molecule has 0 unspecified atom stereocenters. The maximum atomic E-state index is 12.0. The van der Waals surface area contributed by atoms with Crippen LogP contribution in [0.4, 0.5) is 5.82 Å². The number of aryl methyl sites for hydroxylation is 1. The number of nitrogens with zero attached hydrogens (tertiary/aromatic N) is 3. The summed E-state index contributed by atoms with van der Waals surface area (Å²) in [7, 11) is 0. The number of carbonyl (C=O) groups excluding carboxylic acids is 1. The first kappa shape index (κ1) is 11.2. The Labute approximate surface area is 98.9 Å². The Kier molecular flexibility index (Phi) is 3.11. The van der Waals surface area contributed by atoms with Gasteiger partial charge in [-0.1, -0.05) is 12.1 Å². The second kappa shape index (κ2) is 4.71. The third-order valence-electron chi connectivity index (χ3n) is 2.31. The fraction of sp³-hybridized carbons (Fsp3) is 0.0833. The van der Waals surface area contributed by atoms with Crippen LogP contribution in [0.5, 0.6) is 0 Å². The predicted octanol–water partition coefficient (Wildman–Crippen LogP) is 1.31. The van der Waals surface area contributed by atoms with Crippen LogP contribution < -0.4 is 10.9 Å². The van der Waals surface area contributed by atoms with Crippen molar-refractivity contribution in [2.24, 2.45) is 5.84 Å². The number of anilines is 1. The first-order valence-electron chi connectivity index (χ1n) is 5.12. The summed E-state index contributed by atoms with van der Waals surface area (Å²) in [6.07, 6.45) is 3.14. The van der Waals surface area contributed by atoms with Crippen molar-refractivity contribution < 1.29 is 4.79 Å². The van der Waals surface area contributed by atoms with Crippen LogP contribution >= 0.6 is 0 Å². The number of nitrogens with two attached hydrogens (primary N) is 1. The topological polar surface area (TPSA) is 72.1 Å². The van der Waals surface area contributed by atoms with E-state index in [2.05, 4.69) is 9.97 Å². The molecule has 2 N–H and O–H groups in total. The van der Waals surface area contributed by atoms with Crippen molar-refractivity contribution in [3.05, 3.63) is 54.0 Å². The van der Waals surface area contributed by atoms with E-state index in [0.29, 0.717) is 11.5 Å². The molecule has 0 fully saturated rings. The molecule has 2 aromatic heterocycles. The highest BCUT2D eigenvalue weighted by atomic mass is 16.2. The lowest BCUT2D eigenvalue weighted by Crippen LogP contribution is -2.39. The lowest BCUT2D eigenvalue weighted by molar-refractivity contribution is 0.0981. The van der Waals surface area contributed by atoms with Crippen LogP contribution in [0.15, 0.2) is 42.7 Å². The summed E-state index contributed by atoms with van der Waals surface area (Å²) in [4.78, 5) is 20.0. The van der Waals surface area contributed by atoms with E-state index in [9.17, 15) is 4.79 Å². The highest BCUT2D eigenvalue weighted by Crippen LogP contribution is 2.14. The average molecular weight is 228 g/mol. The third kappa shape index (κ3) is 2.29. The molecule has 0 aromatic carbocycles. The average Bonchev–Trinajstić information content (AvgIpc) is 2.39. The normalized spacial score (nSPS) is 10.0. The van der Waals surface area contributed by atoms with Gasteiger partial charge in [0, 0.05) is 12.4 Å². The standard InChI is InChI=1S/C12H12N4O/c1-9-5-4-8-15-11(9)16(13)12(17)10-6-2-3-7-14-10/h2-8H,13H2,1H3. The molecule has 5 heteroatoms. The number of hydrazine groups is 1. The zero-order chi connectivity index (χ0) is 12.3. The van der Waals surface area contributed by atoms with Gasteiger partial charge in [-0.05, 0) is 30.7 Å². The molecule has 2 rings (SSSR count). The highest BCUT2D eigenvalue weighted by molar-refractivity contribution is 6.03. The molecule has 5 nitrogen and oxygen atoms in total. The Morgan fingerprint density at radius 1 is 1.18 bits per heavy atom. The molecular formula is C12H12N4O. The van der Waals surface area contributed by atoms with Gasteiger partial charge < -0.3 is 0 Å². The zero-order valence-electron chi connectivity index (χ0n) is 9.37. The summed E-state index contributed by atoms with van der Waals surface area (Å²) in [5.41, 5.74) is 1.12. The second-order valence-electron chi connectivity index (χ2n) is 3.53. The van der Waals surface area contributed by atoms with E-state index in [4.69, 9.17) is 5.84 Å². The van der Waals surface area contributed by atoms with Gasteiger partial charge in [0.05, 0.1) is 0 Å². The summed E-state index contributed by atoms with van der Waals surface area (Å²) in [6, 6.07) is 8.72.